The smallest absolute Gasteiger partial charge is 0.307 e. The van der Waals surface area contributed by atoms with Crippen LogP contribution in [0.1, 0.15) is 22.3 Å². The van der Waals surface area contributed by atoms with Crippen LogP contribution in [-0.4, -0.2) is 17.4 Å². The lowest BCUT2D eigenvalue weighted by atomic mass is 10.1. The molecule has 1 aromatic rings. The Morgan fingerprint density at radius 3 is 2.62 bits per heavy atom. The van der Waals surface area contributed by atoms with E-state index in [1.807, 2.05) is 0 Å². The van der Waals surface area contributed by atoms with Crippen molar-refractivity contribution in [3.05, 3.63) is 41.0 Å². The predicted octanol–water partition coefficient (Wildman–Crippen LogP) is 2.27. The highest BCUT2D eigenvalue weighted by molar-refractivity contribution is 5.78. The number of halogens is 2. The SMILES string of the molecule is O=Cc1c(F)ccc(C=CCC(=O)O)c1F. The van der Waals surface area contributed by atoms with Crippen molar-refractivity contribution in [2.75, 3.05) is 0 Å². The van der Waals surface area contributed by atoms with Crippen LogP contribution in [0.3, 0.4) is 0 Å². The standard InChI is InChI=1S/C11H8F2O3/c12-9-5-4-7(2-1-3-10(15)16)11(13)8(9)6-14/h1-2,4-6H,3H2,(H,15,16). The van der Waals surface area contributed by atoms with Gasteiger partial charge in [-0.1, -0.05) is 12.2 Å². The van der Waals surface area contributed by atoms with E-state index in [0.717, 1.165) is 12.1 Å². The molecule has 0 aliphatic carbocycles. The van der Waals surface area contributed by atoms with Gasteiger partial charge < -0.3 is 5.11 Å². The van der Waals surface area contributed by atoms with Crippen molar-refractivity contribution in [3.8, 4) is 0 Å². The van der Waals surface area contributed by atoms with Crippen LogP contribution in [0.4, 0.5) is 8.78 Å². The van der Waals surface area contributed by atoms with E-state index in [2.05, 4.69) is 0 Å². The predicted molar refractivity (Wildman–Crippen MR) is 53.0 cm³/mol. The zero-order chi connectivity index (χ0) is 12.1. The molecule has 0 heterocycles. The van der Waals surface area contributed by atoms with Crippen LogP contribution in [-0.2, 0) is 4.79 Å². The number of hydrogen-bond acceptors (Lipinski definition) is 2. The summed E-state index contributed by atoms with van der Waals surface area (Å²) in [5.41, 5.74) is -0.678. The molecule has 0 bridgehead atoms. The van der Waals surface area contributed by atoms with Gasteiger partial charge in [0.05, 0.1) is 12.0 Å². The van der Waals surface area contributed by atoms with Crippen molar-refractivity contribution in [3.63, 3.8) is 0 Å². The number of aliphatic carboxylic acids is 1. The molecular weight excluding hydrogens is 218 g/mol. The first-order valence-electron chi connectivity index (χ1n) is 4.37. The van der Waals surface area contributed by atoms with Crippen molar-refractivity contribution in [1.82, 2.24) is 0 Å². The van der Waals surface area contributed by atoms with Crippen molar-refractivity contribution < 1.29 is 23.5 Å². The largest absolute Gasteiger partial charge is 0.481 e. The molecule has 0 aromatic heterocycles. The molecule has 1 rings (SSSR count). The van der Waals surface area contributed by atoms with E-state index in [9.17, 15) is 18.4 Å². The maximum atomic E-state index is 13.4. The normalized spacial score (nSPS) is 10.6. The second-order valence-electron chi connectivity index (χ2n) is 2.98. The van der Waals surface area contributed by atoms with Crippen molar-refractivity contribution in [2.24, 2.45) is 0 Å². The fourth-order valence-electron chi connectivity index (χ4n) is 1.11. The minimum absolute atomic E-state index is 0.0234. The highest BCUT2D eigenvalue weighted by Gasteiger charge is 2.10. The second-order valence-corrected chi connectivity index (χ2v) is 2.98. The number of carboxylic acid groups (broad SMARTS) is 1. The lowest BCUT2D eigenvalue weighted by molar-refractivity contribution is -0.135. The molecule has 0 amide bonds. The molecule has 0 saturated heterocycles. The summed E-state index contributed by atoms with van der Waals surface area (Å²) in [6.07, 6.45) is 2.22. The van der Waals surface area contributed by atoms with Crippen LogP contribution in [0.2, 0.25) is 0 Å². The molecule has 1 N–H and O–H groups in total. The van der Waals surface area contributed by atoms with Crippen molar-refractivity contribution in [1.29, 1.82) is 0 Å². The van der Waals surface area contributed by atoms with Gasteiger partial charge >= 0.3 is 5.97 Å². The van der Waals surface area contributed by atoms with Gasteiger partial charge in [0.25, 0.3) is 0 Å². The monoisotopic (exact) mass is 226 g/mol. The highest BCUT2D eigenvalue weighted by atomic mass is 19.1. The zero-order valence-electron chi connectivity index (χ0n) is 8.11. The van der Waals surface area contributed by atoms with Gasteiger partial charge in [-0.2, -0.15) is 0 Å². The molecular formula is C11H8F2O3. The number of hydrogen-bond donors (Lipinski definition) is 1. The number of carbonyl (C=O) groups excluding carboxylic acids is 1. The molecule has 1 aromatic carbocycles. The summed E-state index contributed by atoms with van der Waals surface area (Å²) >= 11 is 0. The minimum atomic E-state index is -1.06. The van der Waals surface area contributed by atoms with Gasteiger partial charge in [-0.3, -0.25) is 9.59 Å². The maximum Gasteiger partial charge on any atom is 0.307 e. The summed E-state index contributed by atoms with van der Waals surface area (Å²) in [5, 5.41) is 8.34. The molecule has 3 nitrogen and oxygen atoms in total. The second kappa shape index (κ2) is 5.16. The molecule has 0 atom stereocenters. The van der Waals surface area contributed by atoms with Gasteiger partial charge in [-0.05, 0) is 12.1 Å². The van der Waals surface area contributed by atoms with Gasteiger partial charge in [0, 0.05) is 5.56 Å². The molecule has 0 saturated carbocycles. The summed E-state index contributed by atoms with van der Waals surface area (Å²) < 4.78 is 26.3. The topological polar surface area (TPSA) is 54.4 Å². The number of aldehydes is 1. The Kier molecular flexibility index (Phi) is 3.88. The lowest BCUT2D eigenvalue weighted by Gasteiger charge is -2.00. The van der Waals surface area contributed by atoms with Crippen LogP contribution in [0, 0.1) is 11.6 Å². The Balaban J connectivity index is 3.02. The third-order valence-electron chi connectivity index (χ3n) is 1.86. The quantitative estimate of drug-likeness (QED) is 0.801. The Labute approximate surface area is 90.0 Å². The van der Waals surface area contributed by atoms with E-state index in [-0.39, 0.29) is 18.3 Å². The highest BCUT2D eigenvalue weighted by Crippen LogP contribution is 2.16. The van der Waals surface area contributed by atoms with Gasteiger partial charge in [0.1, 0.15) is 11.6 Å². The fraction of sp³-hybridized carbons (Fsp3) is 0.0909. The van der Waals surface area contributed by atoms with Gasteiger partial charge in [-0.15, -0.1) is 0 Å². The molecule has 0 fully saturated rings. The number of rotatable bonds is 4. The molecule has 0 unspecified atom stereocenters. The van der Waals surface area contributed by atoms with E-state index in [4.69, 9.17) is 5.11 Å². The summed E-state index contributed by atoms with van der Waals surface area (Å²) in [7, 11) is 0. The van der Waals surface area contributed by atoms with Crippen LogP contribution < -0.4 is 0 Å². The number of benzene rings is 1. The lowest BCUT2D eigenvalue weighted by Crippen LogP contribution is -1.96. The van der Waals surface area contributed by atoms with Crippen LogP contribution >= 0.6 is 0 Å². The summed E-state index contributed by atoms with van der Waals surface area (Å²) in [4.78, 5) is 20.6. The fourth-order valence-corrected chi connectivity index (χ4v) is 1.11. The third-order valence-corrected chi connectivity index (χ3v) is 1.86. The average Bonchev–Trinajstić information content (AvgIpc) is 2.22. The van der Waals surface area contributed by atoms with Crippen LogP contribution in [0.25, 0.3) is 6.08 Å². The number of carbonyl (C=O) groups is 2. The molecule has 5 heteroatoms. The Bertz CT molecular complexity index is 453. The van der Waals surface area contributed by atoms with Gasteiger partial charge in [0.2, 0.25) is 0 Å². The Morgan fingerprint density at radius 1 is 1.38 bits per heavy atom. The zero-order valence-corrected chi connectivity index (χ0v) is 8.11. The van der Waals surface area contributed by atoms with Crippen LogP contribution in [0.5, 0.6) is 0 Å². The van der Waals surface area contributed by atoms with E-state index >= 15 is 0 Å². The molecule has 0 radical (unpaired) electrons. The van der Waals surface area contributed by atoms with Crippen LogP contribution in [0.15, 0.2) is 18.2 Å². The molecule has 0 aliphatic rings. The first kappa shape index (κ1) is 12.0. The Morgan fingerprint density at radius 2 is 2.06 bits per heavy atom. The molecule has 16 heavy (non-hydrogen) atoms. The van der Waals surface area contributed by atoms with E-state index in [1.165, 1.54) is 12.2 Å². The molecule has 84 valence electrons. The molecule has 0 aliphatic heterocycles. The maximum absolute atomic E-state index is 13.4. The van der Waals surface area contributed by atoms with Crippen molar-refractivity contribution in [2.45, 2.75) is 6.42 Å². The first-order valence-corrected chi connectivity index (χ1v) is 4.37. The average molecular weight is 226 g/mol. The Hall–Kier alpha value is -2.04. The van der Waals surface area contributed by atoms with E-state index < -0.39 is 23.2 Å². The summed E-state index contributed by atoms with van der Waals surface area (Å²) in [6, 6.07) is 2.09. The summed E-state index contributed by atoms with van der Waals surface area (Å²) in [5.74, 6) is -2.99. The third kappa shape index (κ3) is 2.73. The number of carboxylic acids is 1. The van der Waals surface area contributed by atoms with E-state index in [0.29, 0.717) is 0 Å². The summed E-state index contributed by atoms with van der Waals surface area (Å²) in [6.45, 7) is 0. The van der Waals surface area contributed by atoms with Gasteiger partial charge in [0.15, 0.2) is 6.29 Å². The first-order chi connectivity index (χ1) is 7.56. The van der Waals surface area contributed by atoms with Gasteiger partial charge in [-0.25, -0.2) is 8.78 Å². The molecule has 0 spiro atoms. The van der Waals surface area contributed by atoms with E-state index in [1.54, 1.807) is 0 Å². The van der Waals surface area contributed by atoms with Crippen molar-refractivity contribution >= 4 is 18.3 Å². The minimum Gasteiger partial charge on any atom is -0.481 e.